The number of pyridine rings is 1. The van der Waals surface area contributed by atoms with E-state index >= 15 is 0 Å². The molecule has 1 saturated heterocycles. The second-order valence-corrected chi connectivity index (χ2v) is 13.4. The summed E-state index contributed by atoms with van der Waals surface area (Å²) in [6.07, 6.45) is 1.02. The summed E-state index contributed by atoms with van der Waals surface area (Å²) in [6.45, 7) is 8.73. The summed E-state index contributed by atoms with van der Waals surface area (Å²) in [7, 11) is 3.77. The van der Waals surface area contributed by atoms with Crippen molar-refractivity contribution in [2.45, 2.75) is 33.2 Å². The van der Waals surface area contributed by atoms with E-state index in [-0.39, 0.29) is 16.8 Å². The normalized spacial score (nSPS) is 17.3. The summed E-state index contributed by atoms with van der Waals surface area (Å²) < 4.78 is 7.65. The van der Waals surface area contributed by atoms with Crippen LogP contribution < -0.4 is 10.3 Å². The zero-order valence-electron chi connectivity index (χ0n) is 24.4. The number of thiazole rings is 1. The van der Waals surface area contributed by atoms with Crippen molar-refractivity contribution < 1.29 is 9.53 Å². The van der Waals surface area contributed by atoms with Crippen molar-refractivity contribution >= 4 is 28.7 Å². The van der Waals surface area contributed by atoms with Crippen LogP contribution in [0.1, 0.15) is 41.9 Å². The molecule has 9 heteroatoms. The SMILES string of the molecule is COc1cccc(CN2CCN(C)CC2)c1-n1c2c(cc(-c3nc(-c4ccc(Cl)cc4)cs3)c1=O)C(=O)CC(C)(C)C2. The Hall–Kier alpha value is -3.30. The molecule has 0 amide bonds. The van der Waals surface area contributed by atoms with Crippen molar-refractivity contribution in [3.8, 4) is 33.3 Å². The fraction of sp³-hybridized carbons (Fsp3) is 0.364. The number of benzene rings is 2. The summed E-state index contributed by atoms with van der Waals surface area (Å²) in [5.74, 6) is 0.654. The average molecular weight is 603 g/mol. The van der Waals surface area contributed by atoms with E-state index in [0.29, 0.717) is 52.0 Å². The third kappa shape index (κ3) is 5.56. The predicted octanol–water partition coefficient (Wildman–Crippen LogP) is 6.19. The molecule has 1 fully saturated rings. The van der Waals surface area contributed by atoms with E-state index in [0.717, 1.165) is 48.7 Å². The van der Waals surface area contributed by atoms with Crippen molar-refractivity contribution in [1.29, 1.82) is 0 Å². The van der Waals surface area contributed by atoms with Crippen LogP contribution in [0.2, 0.25) is 5.02 Å². The molecule has 1 aliphatic carbocycles. The molecule has 42 heavy (non-hydrogen) atoms. The van der Waals surface area contributed by atoms with Crippen LogP contribution in [-0.4, -0.2) is 65.5 Å². The molecule has 4 aromatic rings. The third-order valence-corrected chi connectivity index (χ3v) is 9.41. The first-order valence-corrected chi connectivity index (χ1v) is 15.5. The number of nitrogens with zero attached hydrogens (tertiary/aromatic N) is 4. The molecular formula is C33H35ClN4O3S. The average Bonchev–Trinajstić information content (AvgIpc) is 3.44. The van der Waals surface area contributed by atoms with Gasteiger partial charge in [0.1, 0.15) is 10.8 Å². The highest BCUT2D eigenvalue weighted by Gasteiger charge is 2.36. The highest BCUT2D eigenvalue weighted by atomic mass is 35.5. The molecule has 0 spiro atoms. The van der Waals surface area contributed by atoms with Crippen molar-refractivity contribution in [2.75, 3.05) is 40.3 Å². The molecule has 7 nitrogen and oxygen atoms in total. The maximum atomic E-state index is 14.6. The fourth-order valence-corrected chi connectivity index (χ4v) is 6.98. The molecule has 2 aliphatic rings. The van der Waals surface area contributed by atoms with E-state index in [4.69, 9.17) is 21.3 Å². The van der Waals surface area contributed by atoms with Crippen molar-refractivity contribution in [3.63, 3.8) is 0 Å². The molecule has 1 aliphatic heterocycles. The van der Waals surface area contributed by atoms with Crippen LogP contribution in [0, 0.1) is 5.41 Å². The molecule has 0 radical (unpaired) electrons. The van der Waals surface area contributed by atoms with Gasteiger partial charge in [-0.15, -0.1) is 11.3 Å². The number of Topliss-reactive ketones (excluding diaryl/α,β-unsaturated/α-hetero) is 1. The highest BCUT2D eigenvalue weighted by molar-refractivity contribution is 7.13. The van der Waals surface area contributed by atoms with E-state index in [1.807, 2.05) is 41.8 Å². The van der Waals surface area contributed by atoms with Crippen LogP contribution in [0.3, 0.4) is 0 Å². The second kappa shape index (κ2) is 11.4. The summed E-state index contributed by atoms with van der Waals surface area (Å²) >= 11 is 7.50. The molecular weight excluding hydrogens is 568 g/mol. The van der Waals surface area contributed by atoms with Gasteiger partial charge in [-0.3, -0.25) is 19.1 Å². The first-order valence-electron chi connectivity index (χ1n) is 14.2. The Kier molecular flexibility index (Phi) is 7.83. The van der Waals surface area contributed by atoms with Gasteiger partial charge in [0.05, 0.1) is 24.1 Å². The van der Waals surface area contributed by atoms with Gasteiger partial charge in [-0.05, 0) is 48.7 Å². The molecule has 0 atom stereocenters. The van der Waals surface area contributed by atoms with Gasteiger partial charge >= 0.3 is 0 Å². The first-order chi connectivity index (χ1) is 20.1. The number of fused-ring (bicyclic) bond motifs is 1. The fourth-order valence-electron chi connectivity index (χ4n) is 6.02. The minimum absolute atomic E-state index is 0.0428. The van der Waals surface area contributed by atoms with Crippen LogP contribution in [0.15, 0.2) is 58.7 Å². The minimum Gasteiger partial charge on any atom is -0.495 e. The molecule has 2 aromatic carbocycles. The van der Waals surface area contributed by atoms with Crippen molar-refractivity contribution in [1.82, 2.24) is 19.4 Å². The second-order valence-electron chi connectivity index (χ2n) is 12.1. The third-order valence-electron chi connectivity index (χ3n) is 8.28. The van der Waals surface area contributed by atoms with Gasteiger partial charge in [-0.2, -0.15) is 0 Å². The Morgan fingerprint density at radius 3 is 2.45 bits per heavy atom. The molecule has 218 valence electrons. The Morgan fingerprint density at radius 2 is 1.74 bits per heavy atom. The Balaban J connectivity index is 1.55. The van der Waals surface area contributed by atoms with Gasteiger partial charge in [0.25, 0.3) is 5.56 Å². The summed E-state index contributed by atoms with van der Waals surface area (Å²) in [6, 6.07) is 15.2. The van der Waals surface area contributed by atoms with Gasteiger partial charge in [-0.25, -0.2) is 4.98 Å². The minimum atomic E-state index is -0.275. The topological polar surface area (TPSA) is 67.7 Å². The van der Waals surface area contributed by atoms with E-state index in [9.17, 15) is 9.59 Å². The van der Waals surface area contributed by atoms with Crippen molar-refractivity contribution in [3.05, 3.63) is 86.1 Å². The Bertz CT molecular complexity index is 1700. The molecule has 0 saturated carbocycles. The van der Waals surface area contributed by atoms with Crippen LogP contribution in [0.5, 0.6) is 5.75 Å². The summed E-state index contributed by atoms with van der Waals surface area (Å²) in [4.78, 5) is 37.9. The predicted molar refractivity (Wildman–Crippen MR) is 169 cm³/mol. The lowest BCUT2D eigenvalue weighted by Gasteiger charge is -2.34. The van der Waals surface area contributed by atoms with E-state index in [1.165, 1.54) is 11.3 Å². The standard InChI is InChI=1S/C33H35ClN4O3S/c1-33(2)17-27-24(28(39)18-33)16-25(31-35-26(20-42-31)21-8-10-23(34)11-9-21)32(40)38(27)30-22(6-5-7-29(30)41-4)19-37-14-12-36(3)13-15-37/h5-11,16,20H,12-15,17-19H2,1-4H3. The van der Waals surface area contributed by atoms with Gasteiger partial charge in [0, 0.05) is 66.4 Å². The van der Waals surface area contributed by atoms with E-state index in [1.54, 1.807) is 17.7 Å². The van der Waals surface area contributed by atoms with Crippen LogP contribution in [0.25, 0.3) is 27.5 Å². The number of hydrogen-bond donors (Lipinski definition) is 0. The van der Waals surface area contributed by atoms with Gasteiger partial charge in [-0.1, -0.05) is 49.7 Å². The lowest BCUT2D eigenvalue weighted by molar-refractivity contribution is 0.0908. The molecule has 2 aromatic heterocycles. The number of ketones is 1. The molecule has 6 rings (SSSR count). The monoisotopic (exact) mass is 602 g/mol. The number of rotatable bonds is 6. The number of methoxy groups -OCH3 is 1. The Labute approximate surface area is 255 Å². The van der Waals surface area contributed by atoms with E-state index in [2.05, 4.69) is 36.8 Å². The zero-order chi connectivity index (χ0) is 29.6. The number of halogens is 1. The zero-order valence-corrected chi connectivity index (χ0v) is 26.0. The number of hydrogen-bond acceptors (Lipinski definition) is 7. The lowest BCUT2D eigenvalue weighted by atomic mass is 9.75. The molecule has 3 heterocycles. The first kappa shape index (κ1) is 28.8. The quantitative estimate of drug-likeness (QED) is 0.262. The maximum Gasteiger partial charge on any atom is 0.265 e. The van der Waals surface area contributed by atoms with Crippen LogP contribution in [0.4, 0.5) is 0 Å². The number of para-hydroxylation sites is 1. The number of carbonyl (C=O) groups is 1. The maximum absolute atomic E-state index is 14.6. The number of piperazine rings is 1. The number of ether oxygens (including phenoxy) is 1. The highest BCUT2D eigenvalue weighted by Crippen LogP contribution is 2.39. The summed E-state index contributed by atoms with van der Waals surface area (Å²) in [5, 5.41) is 3.17. The van der Waals surface area contributed by atoms with Crippen LogP contribution in [-0.2, 0) is 13.0 Å². The molecule has 0 bridgehead atoms. The number of aromatic nitrogens is 2. The number of carbonyl (C=O) groups excluding carboxylic acids is 1. The Morgan fingerprint density at radius 1 is 1.00 bits per heavy atom. The largest absolute Gasteiger partial charge is 0.495 e. The molecule has 0 unspecified atom stereocenters. The van der Waals surface area contributed by atoms with Gasteiger partial charge < -0.3 is 9.64 Å². The molecule has 0 N–H and O–H groups in total. The smallest absolute Gasteiger partial charge is 0.265 e. The van der Waals surface area contributed by atoms with Gasteiger partial charge in [0.2, 0.25) is 0 Å². The number of likely N-dealkylation sites (N-methyl/N-ethyl adjacent to an activating group) is 1. The van der Waals surface area contributed by atoms with Crippen LogP contribution >= 0.6 is 22.9 Å². The van der Waals surface area contributed by atoms with Gasteiger partial charge in [0.15, 0.2) is 5.78 Å². The van der Waals surface area contributed by atoms with E-state index < -0.39 is 0 Å². The lowest BCUT2D eigenvalue weighted by Crippen LogP contribution is -2.44. The summed E-state index contributed by atoms with van der Waals surface area (Å²) in [5.41, 5.74) is 4.66. The van der Waals surface area contributed by atoms with Crippen molar-refractivity contribution in [2.24, 2.45) is 5.41 Å².